The molecule has 1 amide bonds. The van der Waals surface area contributed by atoms with Gasteiger partial charge in [-0.2, -0.15) is 0 Å². The van der Waals surface area contributed by atoms with Crippen molar-refractivity contribution < 1.29 is 4.79 Å². The summed E-state index contributed by atoms with van der Waals surface area (Å²) in [6.07, 6.45) is 7.07. The largest absolute Gasteiger partial charge is 0.342 e. The van der Waals surface area contributed by atoms with Crippen molar-refractivity contribution in [2.75, 3.05) is 33.2 Å². The van der Waals surface area contributed by atoms with Crippen LogP contribution < -0.4 is 5.32 Å². The third-order valence-electron chi connectivity index (χ3n) is 5.78. The molecule has 3 heterocycles. The minimum absolute atomic E-state index is 0. The van der Waals surface area contributed by atoms with E-state index in [0.717, 1.165) is 32.6 Å². The molecule has 0 aromatic rings. The fourth-order valence-corrected chi connectivity index (χ4v) is 4.50. The quantitative estimate of drug-likeness (QED) is 0.812. The molecule has 3 rings (SSSR count). The van der Waals surface area contributed by atoms with Crippen molar-refractivity contribution in [1.29, 1.82) is 0 Å². The van der Waals surface area contributed by atoms with Crippen LogP contribution in [0.1, 0.15) is 45.4 Å². The summed E-state index contributed by atoms with van der Waals surface area (Å²) in [6, 6.07) is 1.40. The first-order chi connectivity index (χ1) is 10.1. The second kappa shape index (κ2) is 9.45. The molecule has 3 saturated heterocycles. The zero-order chi connectivity index (χ0) is 14.8. The molecular weight excluding hydrogens is 333 g/mol. The first-order valence-corrected chi connectivity index (χ1v) is 8.86. The van der Waals surface area contributed by atoms with Gasteiger partial charge in [0.25, 0.3) is 0 Å². The van der Waals surface area contributed by atoms with Gasteiger partial charge in [-0.15, -0.1) is 24.8 Å². The number of rotatable bonds is 5. The zero-order valence-corrected chi connectivity index (χ0v) is 16.1. The Labute approximate surface area is 153 Å². The minimum Gasteiger partial charge on any atom is -0.342 e. The van der Waals surface area contributed by atoms with Crippen molar-refractivity contribution in [3.63, 3.8) is 0 Å². The molecule has 6 heteroatoms. The average Bonchev–Trinajstić information content (AvgIpc) is 3.05. The van der Waals surface area contributed by atoms with E-state index in [1.807, 2.05) is 0 Å². The third kappa shape index (κ3) is 5.48. The van der Waals surface area contributed by atoms with E-state index in [-0.39, 0.29) is 24.8 Å². The molecule has 3 aliphatic rings. The summed E-state index contributed by atoms with van der Waals surface area (Å²) >= 11 is 0. The summed E-state index contributed by atoms with van der Waals surface area (Å²) in [5.41, 5.74) is 0. The Balaban J connectivity index is 0.00000132. The first-order valence-electron chi connectivity index (χ1n) is 8.86. The fraction of sp³-hybridized carbons (Fsp3) is 0.941. The molecule has 0 spiro atoms. The van der Waals surface area contributed by atoms with Gasteiger partial charge in [-0.1, -0.05) is 6.92 Å². The second-order valence-corrected chi connectivity index (χ2v) is 7.53. The van der Waals surface area contributed by atoms with Crippen molar-refractivity contribution in [3.8, 4) is 0 Å². The molecule has 0 aliphatic carbocycles. The van der Waals surface area contributed by atoms with E-state index in [1.165, 1.54) is 32.1 Å². The van der Waals surface area contributed by atoms with Crippen LogP contribution in [0.2, 0.25) is 0 Å². The molecule has 23 heavy (non-hydrogen) atoms. The number of halogens is 2. The van der Waals surface area contributed by atoms with Crippen molar-refractivity contribution in [2.24, 2.45) is 11.8 Å². The SMILES string of the molecule is CCN(C)CC1CCN(C(=O)CC2CC3CCC(C2)N3)C1.Cl.Cl. The fourth-order valence-electron chi connectivity index (χ4n) is 4.50. The van der Waals surface area contributed by atoms with Gasteiger partial charge in [-0.05, 0) is 57.5 Å². The molecule has 0 aromatic carbocycles. The monoisotopic (exact) mass is 365 g/mol. The van der Waals surface area contributed by atoms with Gasteiger partial charge < -0.3 is 15.1 Å². The molecule has 3 fully saturated rings. The molecule has 1 N–H and O–H groups in total. The van der Waals surface area contributed by atoms with E-state index >= 15 is 0 Å². The number of amides is 1. The smallest absolute Gasteiger partial charge is 0.222 e. The normalized spacial score (nSPS) is 32.6. The summed E-state index contributed by atoms with van der Waals surface area (Å²) < 4.78 is 0. The van der Waals surface area contributed by atoms with Crippen LogP contribution in [0.5, 0.6) is 0 Å². The van der Waals surface area contributed by atoms with Crippen LogP contribution in [0.3, 0.4) is 0 Å². The van der Waals surface area contributed by atoms with E-state index < -0.39 is 0 Å². The first kappa shape index (κ1) is 21.0. The molecule has 3 aliphatic heterocycles. The summed E-state index contributed by atoms with van der Waals surface area (Å²) in [6.45, 7) is 6.41. The zero-order valence-electron chi connectivity index (χ0n) is 14.5. The van der Waals surface area contributed by atoms with E-state index in [0.29, 0.717) is 29.8 Å². The lowest BCUT2D eigenvalue weighted by Crippen LogP contribution is -2.40. The third-order valence-corrected chi connectivity index (χ3v) is 5.78. The maximum atomic E-state index is 12.5. The molecule has 0 radical (unpaired) electrons. The Morgan fingerprint density at radius 3 is 2.39 bits per heavy atom. The molecular formula is C17H33Cl2N3O. The molecule has 136 valence electrons. The van der Waals surface area contributed by atoms with Gasteiger partial charge in [0, 0.05) is 38.1 Å². The average molecular weight is 366 g/mol. The highest BCUT2D eigenvalue weighted by atomic mass is 35.5. The number of carbonyl (C=O) groups is 1. The van der Waals surface area contributed by atoms with Crippen LogP contribution in [0.4, 0.5) is 0 Å². The van der Waals surface area contributed by atoms with Crippen LogP contribution in [-0.4, -0.2) is 61.0 Å². The Morgan fingerprint density at radius 1 is 1.13 bits per heavy atom. The molecule has 3 unspecified atom stereocenters. The summed E-state index contributed by atoms with van der Waals surface area (Å²) in [5, 5.41) is 3.67. The van der Waals surface area contributed by atoms with Crippen LogP contribution in [0, 0.1) is 11.8 Å². The van der Waals surface area contributed by atoms with Gasteiger partial charge in [-0.3, -0.25) is 4.79 Å². The highest BCUT2D eigenvalue weighted by molar-refractivity contribution is 5.85. The van der Waals surface area contributed by atoms with Gasteiger partial charge in [0.2, 0.25) is 5.91 Å². The van der Waals surface area contributed by atoms with Crippen LogP contribution in [-0.2, 0) is 4.79 Å². The predicted octanol–water partition coefficient (Wildman–Crippen LogP) is 2.55. The maximum Gasteiger partial charge on any atom is 0.222 e. The van der Waals surface area contributed by atoms with Crippen LogP contribution in [0.15, 0.2) is 0 Å². The van der Waals surface area contributed by atoms with Crippen LogP contribution in [0.25, 0.3) is 0 Å². The minimum atomic E-state index is 0. The number of nitrogens with zero attached hydrogens (tertiary/aromatic N) is 2. The van der Waals surface area contributed by atoms with Crippen molar-refractivity contribution in [1.82, 2.24) is 15.1 Å². The Morgan fingerprint density at radius 2 is 1.78 bits per heavy atom. The lowest BCUT2D eigenvalue weighted by atomic mass is 9.89. The Bertz CT molecular complexity index is 371. The lowest BCUT2D eigenvalue weighted by Gasteiger charge is -2.30. The summed E-state index contributed by atoms with van der Waals surface area (Å²) in [4.78, 5) is 17.0. The van der Waals surface area contributed by atoms with E-state index in [9.17, 15) is 4.79 Å². The number of fused-ring (bicyclic) bond motifs is 2. The van der Waals surface area contributed by atoms with E-state index in [1.54, 1.807) is 0 Å². The van der Waals surface area contributed by atoms with Gasteiger partial charge in [0.05, 0.1) is 0 Å². The van der Waals surface area contributed by atoms with Gasteiger partial charge in [0.15, 0.2) is 0 Å². The molecule has 4 nitrogen and oxygen atoms in total. The summed E-state index contributed by atoms with van der Waals surface area (Å²) in [5.74, 6) is 1.74. The van der Waals surface area contributed by atoms with Crippen LogP contribution >= 0.6 is 24.8 Å². The van der Waals surface area contributed by atoms with Crippen molar-refractivity contribution in [3.05, 3.63) is 0 Å². The number of likely N-dealkylation sites (tertiary alicyclic amines) is 1. The Hall–Kier alpha value is -0.0300. The highest BCUT2D eigenvalue weighted by Crippen LogP contribution is 2.33. The van der Waals surface area contributed by atoms with E-state index in [4.69, 9.17) is 0 Å². The number of hydrogen-bond acceptors (Lipinski definition) is 3. The number of piperidine rings is 1. The van der Waals surface area contributed by atoms with Gasteiger partial charge in [0.1, 0.15) is 0 Å². The van der Waals surface area contributed by atoms with Crippen molar-refractivity contribution >= 4 is 30.7 Å². The van der Waals surface area contributed by atoms with E-state index in [2.05, 4.69) is 29.1 Å². The standard InChI is InChI=1S/C17H31N3O.2ClH/c1-3-19(2)11-13-6-7-20(12-13)17(21)10-14-8-15-4-5-16(9-14)18-15;;/h13-16,18H,3-12H2,1-2H3;2*1H. The predicted molar refractivity (Wildman–Crippen MR) is 99.6 cm³/mol. The molecule has 3 atom stereocenters. The lowest BCUT2D eigenvalue weighted by molar-refractivity contribution is -0.131. The highest BCUT2D eigenvalue weighted by Gasteiger charge is 2.35. The number of nitrogens with one attached hydrogen (secondary N) is 1. The maximum absolute atomic E-state index is 12.5. The molecule has 0 saturated carbocycles. The van der Waals surface area contributed by atoms with Gasteiger partial charge in [-0.25, -0.2) is 0 Å². The van der Waals surface area contributed by atoms with Crippen molar-refractivity contribution in [2.45, 2.75) is 57.5 Å². The second-order valence-electron chi connectivity index (χ2n) is 7.53. The molecule has 0 aromatic heterocycles. The Kier molecular flexibility index (Phi) is 8.64. The summed E-state index contributed by atoms with van der Waals surface area (Å²) in [7, 11) is 2.18. The van der Waals surface area contributed by atoms with Gasteiger partial charge >= 0.3 is 0 Å². The molecule has 2 bridgehead atoms. The number of carbonyl (C=O) groups excluding carboxylic acids is 1. The topological polar surface area (TPSA) is 35.6 Å². The number of hydrogen-bond donors (Lipinski definition) is 1.